The van der Waals surface area contributed by atoms with Crippen LogP contribution in [-0.4, -0.2) is 36.2 Å². The van der Waals surface area contributed by atoms with E-state index in [0.29, 0.717) is 19.0 Å². The Bertz CT molecular complexity index is 217. The summed E-state index contributed by atoms with van der Waals surface area (Å²) in [7, 11) is 0. The van der Waals surface area contributed by atoms with Crippen LogP contribution in [0.25, 0.3) is 0 Å². The third kappa shape index (κ3) is 5.47. The number of rotatable bonds is 8. The maximum Gasteiger partial charge on any atom is 0.234 e. The van der Waals surface area contributed by atoms with E-state index in [0.717, 1.165) is 25.7 Å². The van der Waals surface area contributed by atoms with Gasteiger partial charge in [0.25, 0.3) is 0 Å². The third-order valence-corrected chi connectivity index (χ3v) is 2.93. The summed E-state index contributed by atoms with van der Waals surface area (Å²) >= 11 is 0. The average Bonchev–Trinajstić information content (AvgIpc) is 3.00. The molecule has 0 aromatic heterocycles. The van der Waals surface area contributed by atoms with Crippen LogP contribution in [0, 0.1) is 5.92 Å². The number of hydrogen-bond donors (Lipinski definition) is 3. The second kappa shape index (κ2) is 6.86. The molecule has 0 heterocycles. The van der Waals surface area contributed by atoms with E-state index in [9.17, 15) is 9.90 Å². The maximum absolute atomic E-state index is 11.4. The fourth-order valence-electron chi connectivity index (χ4n) is 1.81. The largest absolute Gasteiger partial charge is 0.392 e. The lowest BCUT2D eigenvalue weighted by Gasteiger charge is -2.14. The SMILES string of the molecule is CCCC(C)NC(=O)CNCC(O)C1CC1. The number of hydrogen-bond acceptors (Lipinski definition) is 3. The van der Waals surface area contributed by atoms with Gasteiger partial charge in [-0.05, 0) is 32.1 Å². The van der Waals surface area contributed by atoms with E-state index in [-0.39, 0.29) is 18.1 Å². The molecule has 1 fully saturated rings. The lowest BCUT2D eigenvalue weighted by atomic mass is 10.2. The van der Waals surface area contributed by atoms with Crippen molar-refractivity contribution in [1.29, 1.82) is 0 Å². The highest BCUT2D eigenvalue weighted by Gasteiger charge is 2.29. The van der Waals surface area contributed by atoms with Crippen LogP contribution >= 0.6 is 0 Å². The van der Waals surface area contributed by atoms with Gasteiger partial charge in [-0.3, -0.25) is 4.79 Å². The van der Waals surface area contributed by atoms with Gasteiger partial charge in [0.05, 0.1) is 12.6 Å². The molecular weight excluding hydrogens is 204 g/mol. The van der Waals surface area contributed by atoms with Crippen LogP contribution in [0.4, 0.5) is 0 Å². The van der Waals surface area contributed by atoms with Crippen LogP contribution in [0.2, 0.25) is 0 Å². The zero-order chi connectivity index (χ0) is 12.0. The van der Waals surface area contributed by atoms with Gasteiger partial charge in [-0.15, -0.1) is 0 Å². The van der Waals surface area contributed by atoms with Gasteiger partial charge in [0.15, 0.2) is 0 Å². The van der Waals surface area contributed by atoms with Crippen molar-refractivity contribution in [2.24, 2.45) is 5.92 Å². The Balaban J connectivity index is 2.00. The van der Waals surface area contributed by atoms with E-state index in [4.69, 9.17) is 0 Å². The van der Waals surface area contributed by atoms with E-state index >= 15 is 0 Å². The van der Waals surface area contributed by atoms with E-state index in [1.807, 2.05) is 6.92 Å². The molecule has 1 aliphatic rings. The first-order chi connectivity index (χ1) is 7.63. The molecule has 1 aliphatic carbocycles. The highest BCUT2D eigenvalue weighted by molar-refractivity contribution is 5.78. The molecule has 2 atom stereocenters. The summed E-state index contributed by atoms with van der Waals surface area (Å²) in [6.07, 6.45) is 4.07. The van der Waals surface area contributed by atoms with Crippen molar-refractivity contribution in [3.8, 4) is 0 Å². The van der Waals surface area contributed by atoms with Gasteiger partial charge in [0.1, 0.15) is 0 Å². The van der Waals surface area contributed by atoms with Gasteiger partial charge >= 0.3 is 0 Å². The zero-order valence-electron chi connectivity index (χ0n) is 10.3. The first-order valence-electron chi connectivity index (χ1n) is 6.31. The monoisotopic (exact) mass is 228 g/mol. The Labute approximate surface area is 97.8 Å². The second-order valence-corrected chi connectivity index (χ2v) is 4.79. The Hall–Kier alpha value is -0.610. The molecule has 0 spiro atoms. The molecule has 1 saturated carbocycles. The molecule has 0 radical (unpaired) electrons. The van der Waals surface area contributed by atoms with Crippen LogP contribution in [0.3, 0.4) is 0 Å². The van der Waals surface area contributed by atoms with Crippen LogP contribution in [0.15, 0.2) is 0 Å². The van der Waals surface area contributed by atoms with Crippen molar-refractivity contribution in [2.45, 2.75) is 51.7 Å². The molecule has 0 aliphatic heterocycles. The number of aliphatic hydroxyl groups is 1. The number of nitrogens with one attached hydrogen (secondary N) is 2. The summed E-state index contributed by atoms with van der Waals surface area (Å²) in [5.74, 6) is 0.485. The Kier molecular flexibility index (Phi) is 5.77. The van der Waals surface area contributed by atoms with E-state index < -0.39 is 0 Å². The quantitative estimate of drug-likeness (QED) is 0.572. The summed E-state index contributed by atoms with van der Waals surface area (Å²) in [6, 6.07) is 0.243. The van der Waals surface area contributed by atoms with Gasteiger partial charge < -0.3 is 15.7 Å². The molecule has 3 N–H and O–H groups in total. The standard InChI is InChI=1S/C12H24N2O2/c1-3-4-9(2)14-12(16)8-13-7-11(15)10-5-6-10/h9-11,13,15H,3-8H2,1-2H3,(H,14,16). The molecule has 0 bridgehead atoms. The van der Waals surface area contributed by atoms with Crippen LogP contribution in [-0.2, 0) is 4.79 Å². The summed E-state index contributed by atoms with van der Waals surface area (Å²) < 4.78 is 0. The minimum absolute atomic E-state index is 0.0175. The average molecular weight is 228 g/mol. The summed E-state index contributed by atoms with van der Waals surface area (Å²) in [5.41, 5.74) is 0. The van der Waals surface area contributed by atoms with Crippen LogP contribution < -0.4 is 10.6 Å². The smallest absolute Gasteiger partial charge is 0.234 e. The molecule has 1 amide bonds. The minimum Gasteiger partial charge on any atom is -0.392 e. The Morgan fingerprint density at radius 3 is 2.75 bits per heavy atom. The maximum atomic E-state index is 11.4. The summed E-state index contributed by atoms with van der Waals surface area (Å²) in [4.78, 5) is 11.4. The van der Waals surface area contributed by atoms with Crippen molar-refractivity contribution < 1.29 is 9.90 Å². The molecule has 0 aromatic rings. The first kappa shape index (κ1) is 13.5. The second-order valence-electron chi connectivity index (χ2n) is 4.79. The molecule has 4 nitrogen and oxygen atoms in total. The number of carbonyl (C=O) groups excluding carboxylic acids is 1. The lowest BCUT2D eigenvalue weighted by Crippen LogP contribution is -2.41. The fourth-order valence-corrected chi connectivity index (χ4v) is 1.81. The Morgan fingerprint density at radius 1 is 1.50 bits per heavy atom. The predicted octanol–water partition coefficient (Wildman–Crippen LogP) is 0.652. The normalized spacial score (nSPS) is 19.2. The molecular formula is C12H24N2O2. The van der Waals surface area contributed by atoms with Gasteiger partial charge in [0.2, 0.25) is 5.91 Å². The van der Waals surface area contributed by atoms with E-state index in [2.05, 4.69) is 17.6 Å². The van der Waals surface area contributed by atoms with Gasteiger partial charge in [0, 0.05) is 12.6 Å². The predicted molar refractivity (Wildman–Crippen MR) is 64.1 cm³/mol. The van der Waals surface area contributed by atoms with Crippen LogP contribution in [0.5, 0.6) is 0 Å². The molecule has 94 valence electrons. The van der Waals surface area contributed by atoms with Crippen molar-refractivity contribution in [2.75, 3.05) is 13.1 Å². The molecule has 4 heteroatoms. The molecule has 1 rings (SSSR count). The number of amides is 1. The first-order valence-corrected chi connectivity index (χ1v) is 6.31. The number of carbonyl (C=O) groups is 1. The van der Waals surface area contributed by atoms with Crippen molar-refractivity contribution in [3.05, 3.63) is 0 Å². The van der Waals surface area contributed by atoms with Crippen molar-refractivity contribution in [1.82, 2.24) is 10.6 Å². The molecule has 0 saturated heterocycles. The highest BCUT2D eigenvalue weighted by atomic mass is 16.3. The summed E-state index contributed by atoms with van der Waals surface area (Å²) in [6.45, 7) is 4.95. The van der Waals surface area contributed by atoms with E-state index in [1.165, 1.54) is 0 Å². The Morgan fingerprint density at radius 2 is 2.19 bits per heavy atom. The van der Waals surface area contributed by atoms with Gasteiger partial charge in [-0.1, -0.05) is 13.3 Å². The minimum atomic E-state index is -0.277. The molecule has 16 heavy (non-hydrogen) atoms. The van der Waals surface area contributed by atoms with Crippen molar-refractivity contribution >= 4 is 5.91 Å². The topological polar surface area (TPSA) is 61.4 Å². The third-order valence-electron chi connectivity index (χ3n) is 2.93. The summed E-state index contributed by atoms with van der Waals surface area (Å²) in [5, 5.41) is 15.5. The van der Waals surface area contributed by atoms with E-state index in [1.54, 1.807) is 0 Å². The molecule has 2 unspecified atom stereocenters. The fraction of sp³-hybridized carbons (Fsp3) is 0.917. The number of aliphatic hydroxyl groups excluding tert-OH is 1. The lowest BCUT2D eigenvalue weighted by molar-refractivity contribution is -0.120. The van der Waals surface area contributed by atoms with Crippen LogP contribution in [0.1, 0.15) is 39.5 Å². The molecule has 0 aromatic carbocycles. The van der Waals surface area contributed by atoms with Gasteiger partial charge in [-0.25, -0.2) is 0 Å². The highest BCUT2D eigenvalue weighted by Crippen LogP contribution is 2.32. The van der Waals surface area contributed by atoms with Crippen molar-refractivity contribution in [3.63, 3.8) is 0 Å². The van der Waals surface area contributed by atoms with Gasteiger partial charge in [-0.2, -0.15) is 0 Å². The zero-order valence-corrected chi connectivity index (χ0v) is 10.3.